The van der Waals surface area contributed by atoms with Gasteiger partial charge in [-0.05, 0) is 18.8 Å². The number of hydrogen-bond donors (Lipinski definition) is 4. The first-order chi connectivity index (χ1) is 10.3. The number of ether oxygens (including phenoxy) is 1. The van der Waals surface area contributed by atoms with E-state index in [1.54, 1.807) is 0 Å². The molecule has 1 aliphatic heterocycles. The zero-order valence-corrected chi connectivity index (χ0v) is 12.0. The number of esters is 1. The van der Waals surface area contributed by atoms with Crippen LogP contribution < -0.4 is 0 Å². The van der Waals surface area contributed by atoms with Gasteiger partial charge in [-0.3, -0.25) is 5.26 Å². The summed E-state index contributed by atoms with van der Waals surface area (Å²) in [7, 11) is 0. The van der Waals surface area contributed by atoms with Gasteiger partial charge in [-0.1, -0.05) is 18.7 Å². The molecule has 0 aromatic heterocycles. The average Bonchev–Trinajstić information content (AvgIpc) is 2.82. The predicted molar refractivity (Wildman–Crippen MR) is 73.4 cm³/mol. The third kappa shape index (κ3) is 1.97. The smallest absolute Gasteiger partial charge is 0.334 e. The van der Waals surface area contributed by atoms with E-state index in [0.717, 1.165) is 0 Å². The maximum Gasteiger partial charge on any atom is 0.334 e. The Kier molecular flexibility index (Phi) is 3.65. The molecule has 2 saturated carbocycles. The molecule has 0 aromatic rings. The van der Waals surface area contributed by atoms with E-state index in [0.29, 0.717) is 5.57 Å². The largest absolute Gasteiger partial charge is 0.458 e. The minimum absolute atomic E-state index is 0.152. The minimum atomic E-state index is -1.79. The molecule has 122 valence electrons. The lowest BCUT2D eigenvalue weighted by molar-refractivity contribution is -0.291. The molecular formula is C15H20O7. The fourth-order valence-corrected chi connectivity index (χ4v) is 4.29. The third-order valence-electron chi connectivity index (χ3n) is 5.39. The molecule has 22 heavy (non-hydrogen) atoms. The van der Waals surface area contributed by atoms with Crippen LogP contribution in [0.2, 0.25) is 0 Å². The lowest BCUT2D eigenvalue weighted by atomic mass is 9.76. The second-order valence-electron chi connectivity index (χ2n) is 6.50. The van der Waals surface area contributed by atoms with Gasteiger partial charge in [0.1, 0.15) is 18.3 Å². The van der Waals surface area contributed by atoms with Crippen LogP contribution in [0, 0.1) is 17.8 Å². The Bertz CT molecular complexity index is 530. The molecule has 7 heteroatoms. The molecule has 1 heterocycles. The van der Waals surface area contributed by atoms with Crippen molar-refractivity contribution in [3.05, 3.63) is 24.3 Å². The van der Waals surface area contributed by atoms with Crippen molar-refractivity contribution in [1.82, 2.24) is 0 Å². The van der Waals surface area contributed by atoms with Crippen molar-refractivity contribution in [2.24, 2.45) is 17.8 Å². The number of aliphatic hydroxyl groups excluding tert-OH is 2. The molecular weight excluding hydrogens is 292 g/mol. The molecule has 7 atom stereocenters. The zero-order chi connectivity index (χ0) is 16.2. The van der Waals surface area contributed by atoms with E-state index in [-0.39, 0.29) is 24.3 Å². The van der Waals surface area contributed by atoms with Crippen molar-refractivity contribution in [2.45, 2.75) is 36.8 Å². The summed E-state index contributed by atoms with van der Waals surface area (Å²) in [5, 5.41) is 40.2. The van der Waals surface area contributed by atoms with Crippen LogP contribution in [0.15, 0.2) is 24.3 Å². The van der Waals surface area contributed by atoms with Crippen LogP contribution in [0.4, 0.5) is 0 Å². The van der Waals surface area contributed by atoms with Crippen LogP contribution in [-0.4, -0.2) is 57.1 Å². The molecule has 1 saturated heterocycles. The van der Waals surface area contributed by atoms with Gasteiger partial charge in [-0.25, -0.2) is 9.68 Å². The molecule has 2 aliphatic carbocycles. The number of hydrogen-bond acceptors (Lipinski definition) is 7. The fourth-order valence-electron chi connectivity index (χ4n) is 4.29. The fraction of sp³-hybridized carbons (Fsp3) is 0.667. The molecule has 0 spiro atoms. The number of aliphatic hydroxyl groups is 3. The maximum absolute atomic E-state index is 11.8. The van der Waals surface area contributed by atoms with E-state index in [4.69, 9.17) is 9.99 Å². The second-order valence-corrected chi connectivity index (χ2v) is 6.50. The summed E-state index contributed by atoms with van der Waals surface area (Å²) in [4.78, 5) is 15.9. The Morgan fingerprint density at radius 2 is 2.05 bits per heavy atom. The Hall–Kier alpha value is -1.25. The molecule has 3 rings (SSSR count). The molecule has 3 aliphatic rings. The highest BCUT2D eigenvalue weighted by atomic mass is 17.1. The van der Waals surface area contributed by atoms with E-state index < -0.39 is 48.3 Å². The molecule has 0 radical (unpaired) electrons. The average molecular weight is 312 g/mol. The lowest BCUT2D eigenvalue weighted by Gasteiger charge is -2.37. The molecule has 0 aromatic carbocycles. The SMILES string of the molecule is C=C1CC(O)C2C(=C)C(=O)OC2C2C1CC(O)C2(O)COO. The van der Waals surface area contributed by atoms with Crippen LogP contribution in [0.25, 0.3) is 0 Å². The van der Waals surface area contributed by atoms with Gasteiger partial charge in [0.25, 0.3) is 0 Å². The number of rotatable bonds is 2. The highest BCUT2D eigenvalue weighted by Gasteiger charge is 2.64. The maximum atomic E-state index is 11.8. The monoisotopic (exact) mass is 312 g/mol. The van der Waals surface area contributed by atoms with Crippen molar-refractivity contribution < 1.29 is 35.0 Å². The summed E-state index contributed by atoms with van der Waals surface area (Å²) >= 11 is 0. The highest BCUT2D eigenvalue weighted by Crippen LogP contribution is 2.54. The molecule has 0 amide bonds. The normalized spacial score (nSPS) is 47.9. The van der Waals surface area contributed by atoms with Crippen molar-refractivity contribution in [1.29, 1.82) is 0 Å². The standard InChI is InChI=1S/C15H20O7/c1-6-3-9(16)11-7(2)14(18)22-13(11)12-8(6)4-10(17)15(12,19)5-21-20/h8-13,16-17,19-20H,1-5H2. The Labute approximate surface area is 127 Å². The number of carbonyl (C=O) groups is 1. The zero-order valence-electron chi connectivity index (χ0n) is 12.0. The van der Waals surface area contributed by atoms with Gasteiger partial charge in [0.15, 0.2) is 0 Å². The Morgan fingerprint density at radius 3 is 2.68 bits per heavy atom. The van der Waals surface area contributed by atoms with Crippen molar-refractivity contribution in [3.8, 4) is 0 Å². The lowest BCUT2D eigenvalue weighted by Crippen LogP contribution is -2.53. The number of carbonyl (C=O) groups excluding carboxylic acids is 1. The molecule has 0 bridgehead atoms. The van der Waals surface area contributed by atoms with Crippen molar-refractivity contribution in [2.75, 3.05) is 6.61 Å². The van der Waals surface area contributed by atoms with Gasteiger partial charge in [-0.2, -0.15) is 0 Å². The van der Waals surface area contributed by atoms with Gasteiger partial charge in [0.2, 0.25) is 0 Å². The van der Waals surface area contributed by atoms with Crippen LogP contribution in [-0.2, 0) is 14.4 Å². The van der Waals surface area contributed by atoms with E-state index >= 15 is 0 Å². The molecule has 3 fully saturated rings. The van der Waals surface area contributed by atoms with Crippen molar-refractivity contribution in [3.63, 3.8) is 0 Å². The summed E-state index contributed by atoms with van der Waals surface area (Å²) in [6, 6.07) is 0. The first-order valence-electron chi connectivity index (χ1n) is 7.23. The van der Waals surface area contributed by atoms with Gasteiger partial charge < -0.3 is 20.1 Å². The summed E-state index contributed by atoms with van der Waals surface area (Å²) in [6.07, 6.45) is -2.45. The number of fused-ring (bicyclic) bond motifs is 3. The Balaban J connectivity index is 2.07. The van der Waals surface area contributed by atoms with Crippen molar-refractivity contribution >= 4 is 5.97 Å². The first kappa shape index (κ1) is 15.6. The summed E-state index contributed by atoms with van der Waals surface area (Å²) in [5.74, 6) is -2.37. The summed E-state index contributed by atoms with van der Waals surface area (Å²) in [6.45, 7) is 7.10. The third-order valence-corrected chi connectivity index (χ3v) is 5.39. The second kappa shape index (κ2) is 5.14. The van der Waals surface area contributed by atoms with Crippen LogP contribution >= 0.6 is 0 Å². The quantitative estimate of drug-likeness (QED) is 0.181. The van der Waals surface area contributed by atoms with Gasteiger partial charge in [0, 0.05) is 11.5 Å². The minimum Gasteiger partial charge on any atom is -0.458 e. The molecule has 7 unspecified atom stereocenters. The predicted octanol–water partition coefficient (Wildman–Crippen LogP) is -0.377. The first-order valence-corrected chi connectivity index (χ1v) is 7.23. The highest BCUT2D eigenvalue weighted by molar-refractivity contribution is 5.91. The van der Waals surface area contributed by atoms with Gasteiger partial charge in [0.05, 0.1) is 18.1 Å². The van der Waals surface area contributed by atoms with Crippen LogP contribution in [0.5, 0.6) is 0 Å². The molecule has 4 N–H and O–H groups in total. The van der Waals surface area contributed by atoms with E-state index in [2.05, 4.69) is 18.0 Å². The summed E-state index contributed by atoms with van der Waals surface area (Å²) in [5.41, 5.74) is -0.969. The van der Waals surface area contributed by atoms with Crippen LogP contribution in [0.1, 0.15) is 12.8 Å². The van der Waals surface area contributed by atoms with E-state index in [1.165, 1.54) is 0 Å². The van der Waals surface area contributed by atoms with Gasteiger partial charge >= 0.3 is 5.97 Å². The van der Waals surface area contributed by atoms with Gasteiger partial charge in [-0.15, -0.1) is 0 Å². The van der Waals surface area contributed by atoms with E-state index in [9.17, 15) is 20.1 Å². The van der Waals surface area contributed by atoms with Crippen LogP contribution in [0.3, 0.4) is 0 Å². The Morgan fingerprint density at radius 1 is 1.36 bits per heavy atom. The molecule has 7 nitrogen and oxygen atoms in total. The van der Waals surface area contributed by atoms with E-state index in [1.807, 2.05) is 0 Å². The topological polar surface area (TPSA) is 116 Å². The summed E-state index contributed by atoms with van der Waals surface area (Å²) < 4.78 is 5.33.